The standard InChI is InChI=1S/C21H30N4O2.BF4/c1-24-11-12-25(16-24)13-14-27-21(26)17-9-10-20(19(22)15-17)23-18-7-5-3-2-4-6-8-18;2-1(3,4)5/h9-12,15-16,18H,2-8,13-14,22H2,1H3;/q;-1/p+1. The molecule has 1 aromatic carbocycles. The van der Waals surface area contributed by atoms with E-state index in [0.29, 0.717) is 30.4 Å². The number of ether oxygens (including phenoxy) is 1. The van der Waals surface area contributed by atoms with E-state index >= 15 is 0 Å². The highest BCUT2D eigenvalue weighted by molar-refractivity contribution is 6.50. The van der Waals surface area contributed by atoms with Crippen LogP contribution in [0.15, 0.2) is 36.9 Å². The van der Waals surface area contributed by atoms with Crippen LogP contribution in [0.4, 0.5) is 28.6 Å². The van der Waals surface area contributed by atoms with Crippen molar-refractivity contribution in [1.29, 1.82) is 0 Å². The normalized spacial score (nSPS) is 15.2. The van der Waals surface area contributed by atoms with Gasteiger partial charge in [-0.2, -0.15) is 0 Å². The quantitative estimate of drug-likeness (QED) is 0.219. The molecule has 2 aromatic rings. The average molecular weight is 458 g/mol. The second kappa shape index (κ2) is 12.4. The van der Waals surface area contributed by atoms with Gasteiger partial charge in [-0.3, -0.25) is 0 Å². The van der Waals surface area contributed by atoms with E-state index in [2.05, 4.69) is 5.32 Å². The molecular weight excluding hydrogens is 427 g/mol. The largest absolute Gasteiger partial charge is 0.673 e. The zero-order valence-corrected chi connectivity index (χ0v) is 18.3. The minimum atomic E-state index is -6.00. The number of nitrogens with one attached hydrogen (secondary N) is 1. The lowest BCUT2D eigenvalue weighted by atomic mass is 9.96. The number of nitrogens with two attached hydrogens (primary N) is 1. The van der Waals surface area contributed by atoms with Crippen molar-refractivity contribution in [2.75, 3.05) is 17.7 Å². The van der Waals surface area contributed by atoms with E-state index in [1.165, 1.54) is 44.9 Å². The molecule has 0 atom stereocenters. The third-order valence-electron chi connectivity index (χ3n) is 5.16. The van der Waals surface area contributed by atoms with Gasteiger partial charge < -0.3 is 33.0 Å². The average Bonchev–Trinajstić information content (AvgIpc) is 3.09. The van der Waals surface area contributed by atoms with Crippen LogP contribution in [0.3, 0.4) is 0 Å². The first-order valence-corrected chi connectivity index (χ1v) is 10.8. The van der Waals surface area contributed by atoms with Crippen LogP contribution in [0, 0.1) is 0 Å². The van der Waals surface area contributed by atoms with E-state index in [-0.39, 0.29) is 5.97 Å². The highest BCUT2D eigenvalue weighted by Gasteiger charge is 2.20. The number of esters is 1. The first-order chi connectivity index (χ1) is 15.1. The van der Waals surface area contributed by atoms with Crippen molar-refractivity contribution < 1.29 is 31.4 Å². The Morgan fingerprint density at radius 1 is 1.19 bits per heavy atom. The number of carbonyl (C=O) groups is 1. The summed E-state index contributed by atoms with van der Waals surface area (Å²) in [6.45, 7) is 0.957. The van der Waals surface area contributed by atoms with Crippen LogP contribution >= 0.6 is 0 Å². The van der Waals surface area contributed by atoms with Crippen LogP contribution < -0.4 is 15.6 Å². The molecular formula is C21H31BF4N4O2. The van der Waals surface area contributed by atoms with Gasteiger partial charge >= 0.3 is 13.2 Å². The van der Waals surface area contributed by atoms with Gasteiger partial charge in [-0.1, -0.05) is 32.1 Å². The molecule has 6 nitrogen and oxygen atoms in total. The van der Waals surface area contributed by atoms with Gasteiger partial charge in [0.15, 0.2) is 0 Å². The maximum absolute atomic E-state index is 12.3. The molecule has 1 aromatic heterocycles. The Bertz CT molecular complexity index is 847. The van der Waals surface area contributed by atoms with Crippen LogP contribution in [-0.4, -0.2) is 30.4 Å². The molecule has 1 aliphatic carbocycles. The third kappa shape index (κ3) is 10.1. The molecule has 1 heterocycles. The highest BCUT2D eigenvalue weighted by Crippen LogP contribution is 2.25. The summed E-state index contributed by atoms with van der Waals surface area (Å²) in [4.78, 5) is 12.3. The number of halogens is 4. The topological polar surface area (TPSA) is 73.2 Å². The summed E-state index contributed by atoms with van der Waals surface area (Å²) in [5.74, 6) is -0.337. The van der Waals surface area contributed by atoms with Gasteiger partial charge in [0.25, 0.3) is 0 Å². The number of imidazole rings is 1. The summed E-state index contributed by atoms with van der Waals surface area (Å²) in [5, 5.41) is 3.57. The second-order valence-electron chi connectivity index (χ2n) is 7.94. The number of anilines is 2. The minimum absolute atomic E-state index is 0.329. The molecule has 178 valence electrons. The third-order valence-corrected chi connectivity index (χ3v) is 5.16. The van der Waals surface area contributed by atoms with Gasteiger partial charge in [0, 0.05) is 6.04 Å². The zero-order chi connectivity index (χ0) is 23.6. The first kappa shape index (κ1) is 25.5. The SMILES string of the molecule is C[n+]1ccn(CCOC(=O)c2ccc(NC3CCCCCCC3)c(N)c2)c1.F[B-](F)(F)F. The van der Waals surface area contributed by atoms with Crippen LogP contribution in [0.5, 0.6) is 0 Å². The van der Waals surface area contributed by atoms with Crippen LogP contribution in [-0.2, 0) is 18.3 Å². The molecule has 1 saturated carbocycles. The molecule has 0 spiro atoms. The fraction of sp³-hybridized carbons (Fsp3) is 0.524. The van der Waals surface area contributed by atoms with Crippen molar-refractivity contribution in [2.45, 2.75) is 57.5 Å². The number of rotatable bonds is 6. The maximum atomic E-state index is 12.3. The molecule has 32 heavy (non-hydrogen) atoms. The van der Waals surface area contributed by atoms with Crippen molar-refractivity contribution in [1.82, 2.24) is 4.57 Å². The first-order valence-electron chi connectivity index (χ1n) is 10.8. The van der Waals surface area contributed by atoms with Crippen molar-refractivity contribution in [2.24, 2.45) is 7.05 Å². The van der Waals surface area contributed by atoms with E-state index in [1.807, 2.05) is 41.0 Å². The molecule has 0 aliphatic heterocycles. The number of aromatic nitrogens is 2. The molecule has 0 bridgehead atoms. The Labute approximate surface area is 185 Å². The molecule has 0 amide bonds. The minimum Gasteiger partial charge on any atom is -0.458 e. The van der Waals surface area contributed by atoms with Crippen molar-refractivity contribution >= 4 is 24.6 Å². The monoisotopic (exact) mass is 458 g/mol. The number of benzene rings is 1. The van der Waals surface area contributed by atoms with Gasteiger partial charge in [0.05, 0.1) is 24.0 Å². The fourth-order valence-corrected chi connectivity index (χ4v) is 3.60. The van der Waals surface area contributed by atoms with Crippen LogP contribution in [0.2, 0.25) is 0 Å². The summed E-state index contributed by atoms with van der Waals surface area (Å²) in [6.07, 6.45) is 14.7. The Balaban J connectivity index is 0.000000654. The van der Waals surface area contributed by atoms with Crippen molar-refractivity contribution in [3.8, 4) is 0 Å². The number of carbonyl (C=O) groups excluding carboxylic acids is 1. The van der Waals surface area contributed by atoms with Crippen molar-refractivity contribution in [3.05, 3.63) is 42.5 Å². The Morgan fingerprint density at radius 3 is 2.38 bits per heavy atom. The zero-order valence-electron chi connectivity index (χ0n) is 18.3. The lowest BCUT2D eigenvalue weighted by molar-refractivity contribution is -0.671. The molecule has 0 saturated heterocycles. The maximum Gasteiger partial charge on any atom is 0.673 e. The molecule has 0 radical (unpaired) electrons. The number of aryl methyl sites for hydroxylation is 1. The number of hydrogen-bond donors (Lipinski definition) is 2. The van der Waals surface area contributed by atoms with Gasteiger partial charge in [0.1, 0.15) is 25.5 Å². The summed E-state index contributed by atoms with van der Waals surface area (Å²) >= 11 is 0. The molecule has 0 unspecified atom stereocenters. The summed E-state index contributed by atoms with van der Waals surface area (Å²) < 4.78 is 48.3. The summed E-state index contributed by atoms with van der Waals surface area (Å²) in [6, 6.07) is 5.87. The lowest BCUT2D eigenvalue weighted by Crippen LogP contribution is -2.24. The Hall–Kier alpha value is -2.72. The van der Waals surface area contributed by atoms with E-state index in [1.54, 1.807) is 12.1 Å². The summed E-state index contributed by atoms with van der Waals surface area (Å²) in [7, 11) is -4.04. The van der Waals surface area contributed by atoms with Gasteiger partial charge in [-0.15, -0.1) is 0 Å². The van der Waals surface area contributed by atoms with Crippen LogP contribution in [0.1, 0.15) is 55.3 Å². The predicted molar refractivity (Wildman–Crippen MR) is 117 cm³/mol. The van der Waals surface area contributed by atoms with Gasteiger partial charge in [0.2, 0.25) is 6.33 Å². The van der Waals surface area contributed by atoms with E-state index in [9.17, 15) is 22.1 Å². The number of hydrogen-bond acceptors (Lipinski definition) is 4. The second-order valence-corrected chi connectivity index (χ2v) is 7.94. The summed E-state index contributed by atoms with van der Waals surface area (Å²) in [5.41, 5.74) is 8.20. The Kier molecular flexibility index (Phi) is 9.86. The predicted octanol–water partition coefficient (Wildman–Crippen LogP) is 4.58. The molecule has 11 heteroatoms. The van der Waals surface area contributed by atoms with Crippen molar-refractivity contribution in [3.63, 3.8) is 0 Å². The number of nitrogens with zero attached hydrogens (tertiary/aromatic N) is 2. The highest BCUT2D eigenvalue weighted by atomic mass is 19.5. The smallest absolute Gasteiger partial charge is 0.458 e. The molecule has 3 N–H and O–H groups in total. The molecule has 1 aliphatic rings. The van der Waals surface area contributed by atoms with E-state index in [4.69, 9.17) is 10.5 Å². The fourth-order valence-electron chi connectivity index (χ4n) is 3.60. The van der Waals surface area contributed by atoms with E-state index < -0.39 is 7.25 Å². The van der Waals surface area contributed by atoms with Gasteiger partial charge in [-0.25, -0.2) is 13.9 Å². The van der Waals surface area contributed by atoms with E-state index in [0.717, 1.165) is 5.69 Å². The molecule has 1 fully saturated rings. The lowest BCUT2D eigenvalue weighted by Gasteiger charge is -2.23. The van der Waals surface area contributed by atoms with Gasteiger partial charge in [-0.05, 0) is 31.0 Å². The molecule has 3 rings (SSSR count). The van der Waals surface area contributed by atoms with Crippen LogP contribution in [0.25, 0.3) is 0 Å². The number of nitrogen functional groups attached to an aromatic ring is 1. The Morgan fingerprint density at radius 2 is 1.81 bits per heavy atom.